The first-order chi connectivity index (χ1) is 14.1. The second kappa shape index (κ2) is 11.7. The van der Waals surface area contributed by atoms with Crippen LogP contribution in [0.15, 0.2) is 0 Å². The van der Waals surface area contributed by atoms with Crippen LogP contribution in [-0.2, 0) is 9.53 Å². The quantitative estimate of drug-likeness (QED) is 0.386. The second-order valence-electron chi connectivity index (χ2n) is 10.5. The van der Waals surface area contributed by atoms with Crippen LogP contribution >= 0.6 is 0 Å². The van der Waals surface area contributed by atoms with Crippen LogP contribution in [0.4, 0.5) is 4.39 Å². The van der Waals surface area contributed by atoms with Crippen molar-refractivity contribution < 1.29 is 13.9 Å². The summed E-state index contributed by atoms with van der Waals surface area (Å²) in [4.78, 5) is 12.7. The third-order valence-electron chi connectivity index (χ3n) is 8.41. The number of unbranched alkanes of at least 4 members (excludes halogenated alkanes) is 1. The lowest BCUT2D eigenvalue weighted by atomic mass is 9.69. The summed E-state index contributed by atoms with van der Waals surface area (Å²) in [6.45, 7) is 4.49. The fraction of sp³-hybridized carbons (Fsp3) is 0.962. The Labute approximate surface area is 178 Å². The summed E-state index contributed by atoms with van der Waals surface area (Å²) < 4.78 is 20.3. The molecular weight excluding hydrogens is 363 g/mol. The Morgan fingerprint density at radius 3 is 2.00 bits per heavy atom. The molecule has 3 atom stereocenters. The predicted octanol–water partition coefficient (Wildman–Crippen LogP) is 7.64. The van der Waals surface area contributed by atoms with Gasteiger partial charge in [0, 0.05) is 0 Å². The smallest absolute Gasteiger partial charge is 0.309 e. The molecule has 0 radical (unpaired) electrons. The maximum absolute atomic E-state index is 14.6. The van der Waals surface area contributed by atoms with Crippen LogP contribution in [0.25, 0.3) is 0 Å². The van der Waals surface area contributed by atoms with Crippen molar-refractivity contribution in [3.63, 3.8) is 0 Å². The van der Waals surface area contributed by atoms with Gasteiger partial charge in [-0.1, -0.05) is 58.8 Å². The standard InChI is InChI=1S/C26H45FO2/c1-3-5-7-20-10-17-25(24(27)18-20)29-26(28)23-15-13-22(14-16-23)21-11-8-19(6-4-2)9-12-21/h19-25H,3-18H2,1-2H3. The predicted molar refractivity (Wildman–Crippen MR) is 117 cm³/mol. The molecule has 3 aliphatic carbocycles. The first kappa shape index (κ1) is 23.1. The van der Waals surface area contributed by atoms with Gasteiger partial charge in [0.05, 0.1) is 5.92 Å². The van der Waals surface area contributed by atoms with Crippen LogP contribution in [0, 0.1) is 29.6 Å². The Kier molecular flexibility index (Phi) is 9.31. The van der Waals surface area contributed by atoms with Gasteiger partial charge < -0.3 is 4.74 Å². The minimum Gasteiger partial charge on any atom is -0.459 e. The zero-order chi connectivity index (χ0) is 20.6. The molecule has 0 amide bonds. The van der Waals surface area contributed by atoms with Crippen LogP contribution in [0.3, 0.4) is 0 Å². The van der Waals surface area contributed by atoms with Gasteiger partial charge in [-0.15, -0.1) is 0 Å². The summed E-state index contributed by atoms with van der Waals surface area (Å²) in [6.07, 6.45) is 17.0. The van der Waals surface area contributed by atoms with Crippen molar-refractivity contribution >= 4 is 5.97 Å². The normalized spacial score (nSPS) is 38.5. The second-order valence-corrected chi connectivity index (χ2v) is 10.5. The molecule has 3 heteroatoms. The number of halogens is 1. The molecule has 29 heavy (non-hydrogen) atoms. The molecule has 3 unspecified atom stereocenters. The van der Waals surface area contributed by atoms with Crippen LogP contribution in [-0.4, -0.2) is 18.2 Å². The van der Waals surface area contributed by atoms with E-state index in [1.165, 1.54) is 64.2 Å². The average Bonchev–Trinajstić information content (AvgIpc) is 2.75. The minimum atomic E-state index is -0.954. The number of esters is 1. The number of rotatable bonds is 8. The summed E-state index contributed by atoms with van der Waals surface area (Å²) in [5.41, 5.74) is 0. The summed E-state index contributed by atoms with van der Waals surface area (Å²) in [6, 6.07) is 0. The number of ether oxygens (including phenoxy) is 1. The highest BCUT2D eigenvalue weighted by Crippen LogP contribution is 2.42. The maximum atomic E-state index is 14.6. The average molecular weight is 409 g/mol. The monoisotopic (exact) mass is 408 g/mol. The van der Waals surface area contributed by atoms with Crippen molar-refractivity contribution in [1.82, 2.24) is 0 Å². The Hall–Kier alpha value is -0.600. The van der Waals surface area contributed by atoms with E-state index in [0.29, 0.717) is 12.3 Å². The number of carbonyl (C=O) groups is 1. The van der Waals surface area contributed by atoms with Crippen molar-refractivity contribution in [2.45, 2.75) is 129 Å². The largest absolute Gasteiger partial charge is 0.459 e. The first-order valence-corrected chi connectivity index (χ1v) is 12.9. The Morgan fingerprint density at radius 1 is 0.793 bits per heavy atom. The molecule has 0 saturated heterocycles. The van der Waals surface area contributed by atoms with E-state index < -0.39 is 12.3 Å². The molecule has 3 rings (SSSR count). The third kappa shape index (κ3) is 6.69. The summed E-state index contributed by atoms with van der Waals surface area (Å²) in [7, 11) is 0. The summed E-state index contributed by atoms with van der Waals surface area (Å²) >= 11 is 0. The molecular formula is C26H45FO2. The topological polar surface area (TPSA) is 26.3 Å². The van der Waals surface area contributed by atoms with Gasteiger partial charge in [0.1, 0.15) is 12.3 Å². The van der Waals surface area contributed by atoms with Gasteiger partial charge >= 0.3 is 5.97 Å². The molecule has 2 nitrogen and oxygen atoms in total. The lowest BCUT2D eigenvalue weighted by Gasteiger charge is -2.38. The molecule has 168 valence electrons. The van der Waals surface area contributed by atoms with E-state index in [9.17, 15) is 9.18 Å². The van der Waals surface area contributed by atoms with Crippen molar-refractivity contribution in [3.8, 4) is 0 Å². The highest BCUT2D eigenvalue weighted by atomic mass is 19.1. The number of hydrogen-bond acceptors (Lipinski definition) is 2. The van der Waals surface area contributed by atoms with Crippen LogP contribution in [0.1, 0.15) is 117 Å². The maximum Gasteiger partial charge on any atom is 0.309 e. The van der Waals surface area contributed by atoms with E-state index in [2.05, 4.69) is 13.8 Å². The Bertz CT molecular complexity index is 477. The molecule has 3 saturated carbocycles. The highest BCUT2D eigenvalue weighted by molar-refractivity contribution is 5.72. The van der Waals surface area contributed by atoms with E-state index in [4.69, 9.17) is 4.74 Å². The highest BCUT2D eigenvalue weighted by Gasteiger charge is 2.37. The molecule has 0 aromatic carbocycles. The molecule has 0 aromatic heterocycles. The van der Waals surface area contributed by atoms with Crippen molar-refractivity contribution in [1.29, 1.82) is 0 Å². The Morgan fingerprint density at radius 2 is 1.41 bits per heavy atom. The van der Waals surface area contributed by atoms with Crippen LogP contribution in [0.5, 0.6) is 0 Å². The zero-order valence-electron chi connectivity index (χ0n) is 19.0. The molecule has 0 spiro atoms. The first-order valence-electron chi connectivity index (χ1n) is 12.9. The van der Waals surface area contributed by atoms with Gasteiger partial charge in [-0.25, -0.2) is 4.39 Å². The van der Waals surface area contributed by atoms with E-state index in [1.807, 2.05) is 0 Å². The molecule has 0 bridgehead atoms. The molecule has 0 aromatic rings. The van der Waals surface area contributed by atoms with Gasteiger partial charge in [0.15, 0.2) is 0 Å². The lowest BCUT2D eigenvalue weighted by molar-refractivity contribution is -0.162. The molecule has 3 fully saturated rings. The number of alkyl halides is 1. The minimum absolute atomic E-state index is 0.0210. The number of hydrogen-bond donors (Lipinski definition) is 0. The van der Waals surface area contributed by atoms with Gasteiger partial charge in [-0.05, 0) is 81.5 Å². The van der Waals surface area contributed by atoms with Gasteiger partial charge in [-0.2, -0.15) is 0 Å². The summed E-state index contributed by atoms with van der Waals surface area (Å²) in [5.74, 6) is 3.07. The molecule has 3 aliphatic rings. The molecule has 0 N–H and O–H groups in total. The fourth-order valence-electron chi connectivity index (χ4n) is 6.48. The van der Waals surface area contributed by atoms with E-state index >= 15 is 0 Å². The van der Waals surface area contributed by atoms with Crippen molar-refractivity contribution in [3.05, 3.63) is 0 Å². The van der Waals surface area contributed by atoms with Gasteiger partial charge in [-0.3, -0.25) is 4.79 Å². The van der Waals surface area contributed by atoms with Gasteiger partial charge in [0.25, 0.3) is 0 Å². The third-order valence-corrected chi connectivity index (χ3v) is 8.41. The van der Waals surface area contributed by atoms with Crippen molar-refractivity contribution in [2.24, 2.45) is 29.6 Å². The van der Waals surface area contributed by atoms with Crippen molar-refractivity contribution in [2.75, 3.05) is 0 Å². The molecule has 0 aliphatic heterocycles. The van der Waals surface area contributed by atoms with Crippen LogP contribution in [0.2, 0.25) is 0 Å². The SMILES string of the molecule is CCCCC1CCC(OC(=O)C2CCC(C3CCC(CCC)CC3)CC2)C(F)C1. The van der Waals surface area contributed by atoms with E-state index in [0.717, 1.165) is 49.9 Å². The number of carbonyl (C=O) groups excluding carboxylic acids is 1. The van der Waals surface area contributed by atoms with Gasteiger partial charge in [0.2, 0.25) is 0 Å². The molecule has 0 heterocycles. The zero-order valence-corrected chi connectivity index (χ0v) is 19.0. The van der Waals surface area contributed by atoms with Crippen LogP contribution < -0.4 is 0 Å². The fourth-order valence-corrected chi connectivity index (χ4v) is 6.48. The van der Waals surface area contributed by atoms with E-state index in [-0.39, 0.29) is 11.9 Å². The lowest BCUT2D eigenvalue weighted by Crippen LogP contribution is -2.37. The van der Waals surface area contributed by atoms with E-state index in [1.54, 1.807) is 0 Å². The Balaban J connectivity index is 1.36. The summed E-state index contributed by atoms with van der Waals surface area (Å²) in [5, 5.41) is 0.